The van der Waals surface area contributed by atoms with E-state index in [1.165, 1.54) is 205 Å². The number of rotatable bonds is 36. The number of nitrogens with zero attached hydrogens (tertiary/aromatic N) is 2. The molecule has 0 aliphatic carbocycles. The molecule has 2 nitrogen and oxygen atoms in total. The second-order valence-electron chi connectivity index (χ2n) is 14.4. The maximum Gasteiger partial charge on any atom is 2.00 e. The third kappa shape index (κ3) is 44.8. The molecule has 0 aliphatic heterocycles. The molecule has 0 atom stereocenters. The number of hydrogen-bond donors (Lipinski definition) is 0. The van der Waals surface area contributed by atoms with Crippen LogP contribution in [0.5, 0.6) is 0 Å². The molecule has 296 valence electrons. The predicted molar refractivity (Wildman–Crippen MR) is 234 cm³/mol. The number of hydrogen-bond acceptors (Lipinski definition) is 4. The van der Waals surface area contributed by atoms with Crippen molar-refractivity contribution in [1.29, 1.82) is 0 Å². The Labute approximate surface area is 341 Å². The molecule has 0 bridgehead atoms. The largest absolute Gasteiger partial charge is 2.00 e. The minimum Gasteiger partial charge on any atom is -0.411 e. The van der Waals surface area contributed by atoms with Crippen LogP contribution in [0.15, 0.2) is 0 Å². The Hall–Kier alpha value is 0.714. The van der Waals surface area contributed by atoms with Crippen molar-refractivity contribution in [2.45, 2.75) is 233 Å². The smallest absolute Gasteiger partial charge is 0.411 e. The van der Waals surface area contributed by atoms with E-state index < -0.39 is 0 Å². The van der Waals surface area contributed by atoms with Crippen LogP contribution >= 0.6 is 24.4 Å². The van der Waals surface area contributed by atoms with Crippen LogP contribution in [0.4, 0.5) is 0 Å². The molecule has 0 rings (SSSR count). The van der Waals surface area contributed by atoms with Crippen molar-refractivity contribution in [3.05, 3.63) is 0 Å². The molecule has 0 heterocycles. The summed E-state index contributed by atoms with van der Waals surface area (Å²) >= 11 is 21.0. The van der Waals surface area contributed by atoms with Crippen molar-refractivity contribution in [2.75, 3.05) is 26.2 Å². The van der Waals surface area contributed by atoms with Gasteiger partial charge in [0.2, 0.25) is 0 Å². The van der Waals surface area contributed by atoms with Crippen molar-refractivity contribution in [2.24, 2.45) is 0 Å². The van der Waals surface area contributed by atoms with E-state index in [1.807, 2.05) is 0 Å². The first-order chi connectivity index (χ1) is 23.4. The topological polar surface area (TPSA) is 6.48 Å². The molecule has 0 aromatic carbocycles. The molecular formula is C42H84N2NiS4. The van der Waals surface area contributed by atoms with E-state index >= 15 is 0 Å². The third-order valence-corrected chi connectivity index (χ3v) is 10.7. The number of unbranched alkanes of at least 4 members (excludes halogenated alkanes) is 28. The van der Waals surface area contributed by atoms with Crippen LogP contribution < -0.4 is 0 Å². The van der Waals surface area contributed by atoms with Gasteiger partial charge in [0.1, 0.15) is 0 Å². The van der Waals surface area contributed by atoms with Crippen LogP contribution in [-0.2, 0) is 41.7 Å². The van der Waals surface area contributed by atoms with Crippen LogP contribution in [0.2, 0.25) is 0 Å². The summed E-state index contributed by atoms with van der Waals surface area (Å²) in [5, 5.41) is 0. The van der Waals surface area contributed by atoms with Gasteiger partial charge in [0.25, 0.3) is 0 Å². The molecule has 0 radical (unpaired) electrons. The summed E-state index contributed by atoms with van der Waals surface area (Å²) in [6, 6.07) is 0. The molecule has 0 N–H and O–H groups in total. The maximum absolute atomic E-state index is 5.25. The van der Waals surface area contributed by atoms with Crippen molar-refractivity contribution < 1.29 is 16.5 Å². The van der Waals surface area contributed by atoms with Gasteiger partial charge < -0.3 is 59.5 Å². The van der Waals surface area contributed by atoms with Gasteiger partial charge in [0, 0.05) is 26.2 Å². The summed E-state index contributed by atoms with van der Waals surface area (Å²) in [6.07, 6.45) is 43.7. The standard InChI is InChI=1S/2C21H43NS2.Ni/c2*1-3-5-7-9-11-13-15-17-19-22(21(23)24)20-18-16-14-12-10-8-6-4-2;/h2*3-20H2,1-2H3,(H,23,24);/q;;+2/p-2. The van der Waals surface area contributed by atoms with E-state index in [0.29, 0.717) is 8.64 Å². The van der Waals surface area contributed by atoms with Gasteiger partial charge >= 0.3 is 16.5 Å². The molecule has 0 saturated carbocycles. The first-order valence-electron chi connectivity index (χ1n) is 21.4. The van der Waals surface area contributed by atoms with E-state index in [4.69, 9.17) is 49.7 Å². The van der Waals surface area contributed by atoms with Gasteiger partial charge in [-0.1, -0.05) is 216 Å². The molecule has 0 spiro atoms. The summed E-state index contributed by atoms with van der Waals surface area (Å²) in [5.74, 6) is 0. The second-order valence-corrected chi connectivity index (χ2v) is 16.5. The summed E-state index contributed by atoms with van der Waals surface area (Å²) in [5.41, 5.74) is 0. The van der Waals surface area contributed by atoms with Gasteiger partial charge in [-0.15, -0.1) is 0 Å². The molecule has 0 saturated heterocycles. The zero-order valence-corrected chi connectivity index (χ0v) is 37.6. The van der Waals surface area contributed by atoms with Gasteiger partial charge in [-0.05, 0) is 25.7 Å². The van der Waals surface area contributed by atoms with E-state index in [1.54, 1.807) is 0 Å². The van der Waals surface area contributed by atoms with E-state index in [0.717, 1.165) is 26.2 Å². The molecule has 0 unspecified atom stereocenters. The zero-order chi connectivity index (χ0) is 35.8. The van der Waals surface area contributed by atoms with Gasteiger partial charge in [0.15, 0.2) is 0 Å². The number of thiocarbonyl (C=S) groups is 2. The SMILES string of the molecule is CCCCCCCCCCN(CCCCCCCCCC)C(=S)[S-].CCCCCCCCCCN(CCCCCCCCCC)C(=S)[S-].[Ni+2]. The van der Waals surface area contributed by atoms with Crippen LogP contribution in [-0.4, -0.2) is 44.6 Å². The molecule has 0 aromatic heterocycles. The Morgan fingerprint density at radius 3 is 0.592 bits per heavy atom. The van der Waals surface area contributed by atoms with E-state index in [-0.39, 0.29) is 16.5 Å². The van der Waals surface area contributed by atoms with E-state index in [2.05, 4.69) is 37.5 Å². The monoisotopic (exact) mass is 802 g/mol. The zero-order valence-electron chi connectivity index (χ0n) is 33.3. The fourth-order valence-electron chi connectivity index (χ4n) is 6.33. The maximum atomic E-state index is 5.25. The first kappa shape index (κ1) is 54.1. The Bertz CT molecular complexity index is 558. The summed E-state index contributed by atoms with van der Waals surface area (Å²) in [6.45, 7) is 13.4. The van der Waals surface area contributed by atoms with Gasteiger partial charge in [-0.2, -0.15) is 0 Å². The minimum atomic E-state index is 0. The molecule has 0 aromatic rings. The second kappa shape index (κ2) is 46.7. The Morgan fingerprint density at radius 1 is 0.306 bits per heavy atom. The quantitative estimate of drug-likeness (QED) is 0.0267. The third-order valence-electron chi connectivity index (χ3n) is 9.64. The van der Waals surface area contributed by atoms with E-state index in [9.17, 15) is 0 Å². The fourth-order valence-corrected chi connectivity index (χ4v) is 7.07. The minimum absolute atomic E-state index is 0. The molecule has 7 heteroatoms. The molecule has 49 heavy (non-hydrogen) atoms. The summed E-state index contributed by atoms with van der Waals surface area (Å²) < 4.78 is 1.36. The van der Waals surface area contributed by atoms with Crippen LogP contribution in [0.3, 0.4) is 0 Å². The Morgan fingerprint density at radius 2 is 0.449 bits per heavy atom. The molecule has 0 aliphatic rings. The van der Waals surface area contributed by atoms with Gasteiger partial charge in [0.05, 0.1) is 0 Å². The Balaban J connectivity index is -0.000000846. The van der Waals surface area contributed by atoms with Crippen molar-refractivity contribution in [3.8, 4) is 0 Å². The summed E-state index contributed by atoms with van der Waals surface area (Å²) in [7, 11) is 0. The Kier molecular flexibility index (Phi) is 51.6. The molecule has 0 fully saturated rings. The van der Waals surface area contributed by atoms with Gasteiger partial charge in [-0.3, -0.25) is 0 Å². The molecule has 0 amide bonds. The average molecular weight is 804 g/mol. The fraction of sp³-hybridized carbons (Fsp3) is 0.952. The van der Waals surface area contributed by atoms with Gasteiger partial charge in [-0.25, -0.2) is 0 Å². The van der Waals surface area contributed by atoms with Crippen molar-refractivity contribution in [1.82, 2.24) is 9.80 Å². The predicted octanol–water partition coefficient (Wildman–Crippen LogP) is 14.8. The first-order valence-corrected chi connectivity index (χ1v) is 23.0. The average Bonchev–Trinajstić information content (AvgIpc) is 3.07. The van der Waals surface area contributed by atoms with Crippen molar-refractivity contribution >= 4 is 58.3 Å². The molecular weight excluding hydrogens is 719 g/mol. The normalized spacial score (nSPS) is 10.7. The van der Waals surface area contributed by atoms with Crippen LogP contribution in [0, 0.1) is 0 Å². The van der Waals surface area contributed by atoms with Crippen LogP contribution in [0.1, 0.15) is 233 Å². The van der Waals surface area contributed by atoms with Crippen LogP contribution in [0.25, 0.3) is 0 Å². The summed E-state index contributed by atoms with van der Waals surface area (Å²) in [4.78, 5) is 4.53. The van der Waals surface area contributed by atoms with Crippen molar-refractivity contribution in [3.63, 3.8) is 0 Å².